The van der Waals surface area contributed by atoms with Crippen molar-refractivity contribution in [1.82, 2.24) is 9.62 Å². The molecule has 6 nitrogen and oxygen atoms in total. The molecule has 1 unspecified atom stereocenters. The molecule has 0 radical (unpaired) electrons. The van der Waals surface area contributed by atoms with Gasteiger partial charge in [0.25, 0.3) is 0 Å². The van der Waals surface area contributed by atoms with Crippen LogP contribution < -0.4 is 5.32 Å². The van der Waals surface area contributed by atoms with E-state index < -0.39 is 22.0 Å². The number of sulfonamides is 1. The first-order valence-corrected chi connectivity index (χ1v) is 11.3. The predicted molar refractivity (Wildman–Crippen MR) is 112 cm³/mol. The number of rotatable bonds is 6. The van der Waals surface area contributed by atoms with Gasteiger partial charge in [-0.05, 0) is 43.5 Å². The van der Waals surface area contributed by atoms with Crippen LogP contribution in [0, 0.1) is 6.92 Å². The number of ether oxygens (including phenoxy) is 1. The van der Waals surface area contributed by atoms with Crippen molar-refractivity contribution in [2.45, 2.75) is 36.7 Å². The largest absolute Gasteiger partial charge is 0.468 e. The Morgan fingerprint density at radius 2 is 1.76 bits per heavy atom. The van der Waals surface area contributed by atoms with E-state index in [4.69, 9.17) is 16.3 Å². The van der Waals surface area contributed by atoms with Crippen LogP contribution in [-0.4, -0.2) is 44.9 Å². The minimum Gasteiger partial charge on any atom is -0.468 e. The molecule has 0 amide bonds. The maximum absolute atomic E-state index is 12.9. The average Bonchev–Trinajstić information content (AvgIpc) is 2.73. The second-order valence-electron chi connectivity index (χ2n) is 7.14. The molecule has 2 aromatic carbocycles. The van der Waals surface area contributed by atoms with Crippen LogP contribution in [0.3, 0.4) is 0 Å². The fourth-order valence-corrected chi connectivity index (χ4v) is 5.18. The van der Waals surface area contributed by atoms with E-state index in [-0.39, 0.29) is 6.04 Å². The van der Waals surface area contributed by atoms with Gasteiger partial charge in [0.2, 0.25) is 10.0 Å². The molecule has 1 aliphatic heterocycles. The van der Waals surface area contributed by atoms with Crippen LogP contribution in [0.5, 0.6) is 0 Å². The number of esters is 1. The molecule has 1 heterocycles. The Morgan fingerprint density at radius 3 is 2.34 bits per heavy atom. The van der Waals surface area contributed by atoms with Crippen molar-refractivity contribution < 1.29 is 17.9 Å². The van der Waals surface area contributed by atoms with Crippen LogP contribution in [0.15, 0.2) is 53.4 Å². The molecule has 0 aliphatic carbocycles. The number of halogens is 1. The SMILES string of the molecule is COC(=O)C(NC1CCN(S(=O)(=O)c2ccc(C)cc2)CC1)c1ccccc1Cl. The second kappa shape index (κ2) is 9.26. The highest BCUT2D eigenvalue weighted by atomic mass is 35.5. The third-order valence-electron chi connectivity index (χ3n) is 5.17. The molecule has 0 aromatic heterocycles. The first kappa shape index (κ1) is 21.8. The van der Waals surface area contributed by atoms with Gasteiger partial charge in [0.15, 0.2) is 0 Å². The van der Waals surface area contributed by atoms with Gasteiger partial charge in [-0.3, -0.25) is 5.32 Å². The lowest BCUT2D eigenvalue weighted by molar-refractivity contribution is -0.143. The number of carbonyl (C=O) groups excluding carboxylic acids is 1. The highest BCUT2D eigenvalue weighted by molar-refractivity contribution is 7.89. The highest BCUT2D eigenvalue weighted by Crippen LogP contribution is 2.27. The van der Waals surface area contributed by atoms with Crippen molar-refractivity contribution in [1.29, 1.82) is 0 Å². The van der Waals surface area contributed by atoms with E-state index in [2.05, 4.69) is 5.32 Å². The average molecular weight is 437 g/mol. The Bertz CT molecular complexity index is 955. The van der Waals surface area contributed by atoms with Crippen LogP contribution in [0.2, 0.25) is 5.02 Å². The van der Waals surface area contributed by atoms with Gasteiger partial charge in [-0.15, -0.1) is 0 Å². The van der Waals surface area contributed by atoms with Crippen molar-refractivity contribution in [3.05, 3.63) is 64.7 Å². The number of carbonyl (C=O) groups is 1. The lowest BCUT2D eigenvalue weighted by atomic mass is 10.0. The van der Waals surface area contributed by atoms with Gasteiger partial charge in [0.1, 0.15) is 6.04 Å². The Kier molecular flexibility index (Phi) is 6.95. The first-order chi connectivity index (χ1) is 13.8. The van der Waals surface area contributed by atoms with Crippen LogP contribution >= 0.6 is 11.6 Å². The molecule has 1 N–H and O–H groups in total. The van der Waals surface area contributed by atoms with Crippen molar-refractivity contribution in [3.8, 4) is 0 Å². The van der Waals surface area contributed by atoms with Gasteiger partial charge in [-0.2, -0.15) is 4.31 Å². The topological polar surface area (TPSA) is 75.7 Å². The zero-order valence-corrected chi connectivity index (χ0v) is 18.0. The fraction of sp³-hybridized carbons (Fsp3) is 0.381. The molecule has 0 spiro atoms. The van der Waals surface area contributed by atoms with E-state index in [1.54, 1.807) is 42.5 Å². The molecule has 1 fully saturated rings. The number of benzene rings is 2. The third-order valence-corrected chi connectivity index (χ3v) is 7.43. The van der Waals surface area contributed by atoms with Crippen LogP contribution in [-0.2, 0) is 19.6 Å². The molecule has 29 heavy (non-hydrogen) atoms. The minimum absolute atomic E-state index is 0.0279. The zero-order chi connectivity index (χ0) is 21.0. The number of nitrogens with zero attached hydrogens (tertiary/aromatic N) is 1. The number of piperidine rings is 1. The standard InChI is InChI=1S/C21H25ClN2O4S/c1-15-7-9-17(10-8-15)29(26,27)24-13-11-16(12-14-24)23-20(21(25)28-2)18-5-3-4-6-19(18)22/h3-10,16,20,23H,11-14H2,1-2H3. The summed E-state index contributed by atoms with van der Waals surface area (Å²) in [6, 6.07) is 13.3. The van der Waals surface area contributed by atoms with Gasteiger partial charge in [-0.1, -0.05) is 47.5 Å². The monoisotopic (exact) mass is 436 g/mol. The molecule has 2 aromatic rings. The van der Waals surface area contributed by atoms with Gasteiger partial charge >= 0.3 is 5.97 Å². The smallest absolute Gasteiger partial charge is 0.327 e. The summed E-state index contributed by atoms with van der Waals surface area (Å²) in [7, 11) is -2.18. The van der Waals surface area contributed by atoms with E-state index in [0.717, 1.165) is 5.56 Å². The summed E-state index contributed by atoms with van der Waals surface area (Å²) in [4.78, 5) is 12.6. The van der Waals surface area contributed by atoms with Crippen molar-refractivity contribution in [2.24, 2.45) is 0 Å². The van der Waals surface area contributed by atoms with E-state index in [1.807, 2.05) is 13.0 Å². The normalized spacial score (nSPS) is 17.1. The summed E-state index contributed by atoms with van der Waals surface area (Å²) < 4.78 is 32.2. The van der Waals surface area contributed by atoms with Crippen molar-refractivity contribution in [3.63, 3.8) is 0 Å². The number of methoxy groups -OCH3 is 1. The van der Waals surface area contributed by atoms with E-state index in [1.165, 1.54) is 11.4 Å². The van der Waals surface area contributed by atoms with Gasteiger partial charge < -0.3 is 4.74 Å². The van der Waals surface area contributed by atoms with Gasteiger partial charge in [0, 0.05) is 24.2 Å². The number of hydrogen-bond acceptors (Lipinski definition) is 5. The van der Waals surface area contributed by atoms with E-state index >= 15 is 0 Å². The van der Waals surface area contributed by atoms with Crippen LogP contribution in [0.1, 0.15) is 30.0 Å². The summed E-state index contributed by atoms with van der Waals surface area (Å²) in [5.74, 6) is -0.423. The Labute approximate surface area is 176 Å². The molecule has 0 bridgehead atoms. The van der Waals surface area contributed by atoms with Crippen molar-refractivity contribution >= 4 is 27.6 Å². The van der Waals surface area contributed by atoms with Crippen LogP contribution in [0.4, 0.5) is 0 Å². The molecule has 156 valence electrons. The quantitative estimate of drug-likeness (QED) is 0.703. The summed E-state index contributed by atoms with van der Waals surface area (Å²) in [6.45, 7) is 2.68. The lowest BCUT2D eigenvalue weighted by Crippen LogP contribution is -2.47. The maximum atomic E-state index is 12.9. The number of aryl methyl sites for hydroxylation is 1. The Balaban J connectivity index is 1.68. The molecule has 1 aliphatic rings. The van der Waals surface area contributed by atoms with Gasteiger partial charge in [-0.25, -0.2) is 13.2 Å². The fourth-order valence-electron chi connectivity index (χ4n) is 3.47. The van der Waals surface area contributed by atoms with E-state index in [0.29, 0.717) is 41.4 Å². The summed E-state index contributed by atoms with van der Waals surface area (Å²) in [5, 5.41) is 3.78. The molecule has 1 saturated heterocycles. The van der Waals surface area contributed by atoms with E-state index in [9.17, 15) is 13.2 Å². The summed E-state index contributed by atoms with van der Waals surface area (Å²) in [5.41, 5.74) is 1.66. The molecule has 3 rings (SSSR count). The Hall–Kier alpha value is -1.93. The predicted octanol–water partition coefficient (Wildman–Crippen LogP) is 3.31. The third kappa shape index (κ3) is 4.98. The maximum Gasteiger partial charge on any atom is 0.327 e. The van der Waals surface area contributed by atoms with Crippen molar-refractivity contribution in [2.75, 3.05) is 20.2 Å². The number of nitrogens with one attached hydrogen (secondary N) is 1. The molecule has 1 atom stereocenters. The summed E-state index contributed by atoms with van der Waals surface area (Å²) in [6.07, 6.45) is 1.17. The molecule has 0 saturated carbocycles. The van der Waals surface area contributed by atoms with Gasteiger partial charge in [0.05, 0.1) is 12.0 Å². The molecule has 8 heteroatoms. The summed E-state index contributed by atoms with van der Waals surface area (Å²) >= 11 is 6.26. The van der Waals surface area contributed by atoms with Crippen LogP contribution in [0.25, 0.3) is 0 Å². The Morgan fingerprint density at radius 1 is 1.14 bits per heavy atom. The molecular formula is C21H25ClN2O4S. The highest BCUT2D eigenvalue weighted by Gasteiger charge is 2.32. The molecular weight excluding hydrogens is 412 g/mol. The first-order valence-electron chi connectivity index (χ1n) is 9.48. The zero-order valence-electron chi connectivity index (χ0n) is 16.5. The second-order valence-corrected chi connectivity index (χ2v) is 9.48. The lowest BCUT2D eigenvalue weighted by Gasteiger charge is -2.33. The number of hydrogen-bond donors (Lipinski definition) is 1. The minimum atomic E-state index is -3.52.